The first-order valence-corrected chi connectivity index (χ1v) is 5.92. The van der Waals surface area contributed by atoms with Crippen LogP contribution >= 0.6 is 11.8 Å². The third-order valence-electron chi connectivity index (χ3n) is 2.09. The summed E-state index contributed by atoms with van der Waals surface area (Å²) < 4.78 is 6.79. The van der Waals surface area contributed by atoms with Crippen molar-refractivity contribution in [3.05, 3.63) is 0 Å². The molecule has 17 heavy (non-hydrogen) atoms. The van der Waals surface area contributed by atoms with Gasteiger partial charge in [-0.25, -0.2) is 0 Å². The smallest absolute Gasteiger partial charge is 0.313 e. The van der Waals surface area contributed by atoms with Crippen molar-refractivity contribution in [3.63, 3.8) is 0 Å². The van der Waals surface area contributed by atoms with Crippen molar-refractivity contribution in [2.75, 3.05) is 25.2 Å². The number of hydrogen-bond donors (Lipinski definition) is 2. The molecule has 0 aliphatic carbocycles. The van der Waals surface area contributed by atoms with Crippen molar-refractivity contribution in [2.45, 2.75) is 24.5 Å². The highest BCUT2D eigenvalue weighted by molar-refractivity contribution is 7.99. The lowest BCUT2D eigenvalue weighted by atomic mass is 10.1. The summed E-state index contributed by atoms with van der Waals surface area (Å²) in [6.07, 6.45) is 0. The molecule has 7 nitrogen and oxygen atoms in total. The van der Waals surface area contributed by atoms with Gasteiger partial charge in [-0.05, 0) is 13.8 Å². The quantitative estimate of drug-likeness (QED) is 0.714. The van der Waals surface area contributed by atoms with Gasteiger partial charge in [0, 0.05) is 7.11 Å². The molecule has 1 aromatic heterocycles. The van der Waals surface area contributed by atoms with Gasteiger partial charge in [0.05, 0.1) is 17.9 Å². The lowest BCUT2D eigenvalue weighted by molar-refractivity contribution is -0.133. The lowest BCUT2D eigenvalue weighted by Gasteiger charge is -2.27. The summed E-state index contributed by atoms with van der Waals surface area (Å²) in [5, 5.41) is 16.8. The lowest BCUT2D eigenvalue weighted by Crippen LogP contribution is -2.33. The molecule has 0 saturated heterocycles. The zero-order chi connectivity index (χ0) is 13.1. The topological polar surface area (TPSA) is 103 Å². The molecular weight excluding hydrogens is 244 g/mol. The van der Waals surface area contributed by atoms with E-state index in [0.717, 1.165) is 11.8 Å². The van der Waals surface area contributed by atoms with Crippen LogP contribution in [0.15, 0.2) is 5.16 Å². The molecule has 3 N–H and O–H groups in total. The van der Waals surface area contributed by atoms with E-state index in [-0.39, 0.29) is 11.7 Å². The standard InChI is InChI=1S/C9H16N4O3S/c1-9(2,5-16-3)13-7(10)11-12-8(13)17-4-6(14)15/h4-5H2,1-3H3,(H2,10,11)(H,14,15). The minimum Gasteiger partial charge on any atom is -0.481 e. The van der Waals surface area contributed by atoms with Crippen molar-refractivity contribution in [1.29, 1.82) is 0 Å². The van der Waals surface area contributed by atoms with Crippen molar-refractivity contribution in [3.8, 4) is 0 Å². The molecule has 96 valence electrons. The predicted molar refractivity (Wildman–Crippen MR) is 64.0 cm³/mol. The minimum absolute atomic E-state index is 0.0821. The Kier molecular flexibility index (Phi) is 4.35. The first-order valence-electron chi connectivity index (χ1n) is 4.93. The number of carboxylic acid groups (broad SMARTS) is 1. The van der Waals surface area contributed by atoms with Crippen molar-refractivity contribution >= 4 is 23.7 Å². The number of anilines is 1. The number of thioether (sulfide) groups is 1. The molecule has 8 heteroatoms. The van der Waals surface area contributed by atoms with Crippen molar-refractivity contribution in [1.82, 2.24) is 14.8 Å². The zero-order valence-electron chi connectivity index (χ0n) is 10.0. The maximum absolute atomic E-state index is 10.5. The Bertz CT molecular complexity index is 405. The number of aliphatic carboxylic acids is 1. The molecule has 0 fully saturated rings. The average Bonchev–Trinajstić information content (AvgIpc) is 2.57. The molecule has 1 aromatic rings. The van der Waals surface area contributed by atoms with Crippen LogP contribution in [0.5, 0.6) is 0 Å². The molecule has 0 aliphatic heterocycles. The van der Waals surface area contributed by atoms with Crippen LogP contribution < -0.4 is 5.73 Å². The van der Waals surface area contributed by atoms with Crippen LogP contribution in [-0.2, 0) is 15.1 Å². The number of ether oxygens (including phenoxy) is 1. The normalized spacial score (nSPS) is 11.7. The summed E-state index contributed by atoms with van der Waals surface area (Å²) in [6.45, 7) is 4.26. The third-order valence-corrected chi connectivity index (χ3v) is 3.00. The van der Waals surface area contributed by atoms with E-state index in [2.05, 4.69) is 10.2 Å². The van der Waals surface area contributed by atoms with E-state index in [0.29, 0.717) is 11.8 Å². The molecule has 1 heterocycles. The second kappa shape index (κ2) is 5.37. The van der Waals surface area contributed by atoms with E-state index < -0.39 is 11.5 Å². The molecule has 0 bridgehead atoms. The van der Waals surface area contributed by atoms with Gasteiger partial charge < -0.3 is 15.6 Å². The predicted octanol–water partition coefficient (Wildman–Crippen LogP) is 0.419. The molecule has 0 aliphatic rings. The van der Waals surface area contributed by atoms with Crippen molar-refractivity contribution in [2.24, 2.45) is 0 Å². The minimum atomic E-state index is -0.910. The first kappa shape index (κ1) is 13.8. The van der Waals surface area contributed by atoms with E-state index >= 15 is 0 Å². The van der Waals surface area contributed by atoms with E-state index in [9.17, 15) is 4.79 Å². The molecule has 0 amide bonds. The first-order chi connectivity index (χ1) is 7.88. The number of nitrogens with two attached hydrogens (primary N) is 1. The molecule has 0 spiro atoms. The molecule has 0 radical (unpaired) electrons. The molecule has 0 aromatic carbocycles. The number of aromatic nitrogens is 3. The van der Waals surface area contributed by atoms with Gasteiger partial charge in [0.1, 0.15) is 0 Å². The maximum Gasteiger partial charge on any atom is 0.313 e. The van der Waals surface area contributed by atoms with Gasteiger partial charge in [-0.15, -0.1) is 10.2 Å². The number of nitrogens with zero attached hydrogens (tertiary/aromatic N) is 3. The molecular formula is C9H16N4O3S. The van der Waals surface area contributed by atoms with Crippen LogP contribution in [-0.4, -0.2) is 45.3 Å². The fourth-order valence-electron chi connectivity index (χ4n) is 1.49. The maximum atomic E-state index is 10.5. The highest BCUT2D eigenvalue weighted by Crippen LogP contribution is 2.26. The fraction of sp³-hybridized carbons (Fsp3) is 0.667. The highest BCUT2D eigenvalue weighted by atomic mass is 32.2. The van der Waals surface area contributed by atoms with Crippen LogP contribution in [0.25, 0.3) is 0 Å². The number of rotatable bonds is 6. The third kappa shape index (κ3) is 3.34. The number of methoxy groups -OCH3 is 1. The van der Waals surface area contributed by atoms with Gasteiger partial charge in [-0.1, -0.05) is 11.8 Å². The summed E-state index contributed by atoms with van der Waals surface area (Å²) in [5.74, 6) is -0.742. The fourth-order valence-corrected chi connectivity index (χ4v) is 2.31. The van der Waals surface area contributed by atoms with E-state index in [1.165, 1.54) is 0 Å². The largest absolute Gasteiger partial charge is 0.481 e. The number of carboxylic acids is 1. The van der Waals surface area contributed by atoms with Crippen LogP contribution in [0.2, 0.25) is 0 Å². The highest BCUT2D eigenvalue weighted by Gasteiger charge is 2.27. The van der Waals surface area contributed by atoms with Crippen LogP contribution in [0.3, 0.4) is 0 Å². The summed E-state index contributed by atoms with van der Waals surface area (Å²) in [4.78, 5) is 10.5. The summed E-state index contributed by atoms with van der Waals surface area (Å²) >= 11 is 1.08. The Morgan fingerprint density at radius 1 is 1.59 bits per heavy atom. The SMILES string of the molecule is COCC(C)(C)n1c(N)nnc1SCC(=O)O. The molecule has 0 saturated carbocycles. The van der Waals surface area contributed by atoms with Gasteiger partial charge in [-0.2, -0.15) is 0 Å². The van der Waals surface area contributed by atoms with Gasteiger partial charge in [0.25, 0.3) is 0 Å². The molecule has 0 unspecified atom stereocenters. The van der Waals surface area contributed by atoms with Gasteiger partial charge >= 0.3 is 5.97 Å². The average molecular weight is 260 g/mol. The Morgan fingerprint density at radius 2 is 2.24 bits per heavy atom. The Hall–Kier alpha value is -1.28. The van der Waals surface area contributed by atoms with Gasteiger partial charge in [-0.3, -0.25) is 9.36 Å². The molecule has 0 atom stereocenters. The van der Waals surface area contributed by atoms with Crippen LogP contribution in [0, 0.1) is 0 Å². The second-order valence-corrected chi connectivity index (χ2v) is 5.05. The van der Waals surface area contributed by atoms with E-state index in [1.54, 1.807) is 11.7 Å². The monoisotopic (exact) mass is 260 g/mol. The van der Waals surface area contributed by atoms with Crippen LogP contribution in [0.4, 0.5) is 5.95 Å². The summed E-state index contributed by atoms with van der Waals surface area (Å²) in [6, 6.07) is 0. The summed E-state index contributed by atoms with van der Waals surface area (Å²) in [7, 11) is 1.59. The number of carbonyl (C=O) groups is 1. The Morgan fingerprint density at radius 3 is 2.76 bits per heavy atom. The Balaban J connectivity index is 2.97. The number of hydrogen-bond acceptors (Lipinski definition) is 6. The summed E-state index contributed by atoms with van der Waals surface area (Å²) in [5.41, 5.74) is 5.31. The van der Waals surface area contributed by atoms with Gasteiger partial charge in [0.15, 0.2) is 5.16 Å². The zero-order valence-corrected chi connectivity index (χ0v) is 10.8. The van der Waals surface area contributed by atoms with E-state index in [4.69, 9.17) is 15.6 Å². The van der Waals surface area contributed by atoms with Crippen molar-refractivity contribution < 1.29 is 14.6 Å². The molecule has 1 rings (SSSR count). The van der Waals surface area contributed by atoms with Gasteiger partial charge in [0.2, 0.25) is 5.95 Å². The van der Waals surface area contributed by atoms with E-state index in [1.807, 2.05) is 13.8 Å². The van der Waals surface area contributed by atoms with Crippen LogP contribution in [0.1, 0.15) is 13.8 Å². The Labute approximate surface area is 103 Å². The number of nitrogen functional groups attached to an aromatic ring is 1. The second-order valence-electron chi connectivity index (χ2n) is 4.10.